The molecule has 0 spiro atoms. The molecule has 1 amide bonds. The number of aromatic nitrogens is 1. The summed E-state index contributed by atoms with van der Waals surface area (Å²) in [6, 6.07) is 3.76. The van der Waals surface area contributed by atoms with Crippen molar-refractivity contribution in [2.75, 3.05) is 6.54 Å². The van der Waals surface area contributed by atoms with Crippen molar-refractivity contribution in [2.24, 2.45) is 0 Å². The summed E-state index contributed by atoms with van der Waals surface area (Å²) in [4.78, 5) is 18.1. The Hall–Kier alpha value is -2.18. The van der Waals surface area contributed by atoms with Gasteiger partial charge < -0.3 is 15.1 Å². The molecule has 7 heteroatoms. The van der Waals surface area contributed by atoms with Crippen LogP contribution in [0.5, 0.6) is 5.75 Å². The fourth-order valence-electron chi connectivity index (χ4n) is 2.33. The number of aromatic hydroxyl groups is 1. The van der Waals surface area contributed by atoms with Crippen molar-refractivity contribution >= 4 is 17.5 Å². The fourth-order valence-corrected chi connectivity index (χ4v) is 2.51. The second kappa shape index (κ2) is 7.59. The van der Waals surface area contributed by atoms with Crippen LogP contribution < -0.4 is 0 Å². The van der Waals surface area contributed by atoms with E-state index in [0.29, 0.717) is 23.4 Å². The number of pyridine rings is 1. The fraction of sp³-hybridized carbons (Fsp3) is 0.294. The molecule has 24 heavy (non-hydrogen) atoms. The summed E-state index contributed by atoms with van der Waals surface area (Å²) in [7, 11) is 0. The van der Waals surface area contributed by atoms with Gasteiger partial charge in [-0.25, -0.2) is 4.39 Å². The molecular weight excluding hydrogens is 335 g/mol. The summed E-state index contributed by atoms with van der Waals surface area (Å²) < 4.78 is 13.3. The number of hydrogen-bond acceptors (Lipinski definition) is 4. The molecule has 2 N–H and O–H groups in total. The zero-order valence-electron chi connectivity index (χ0n) is 13.4. The highest BCUT2D eigenvalue weighted by Crippen LogP contribution is 2.26. The second-order valence-corrected chi connectivity index (χ2v) is 5.71. The summed E-state index contributed by atoms with van der Waals surface area (Å²) in [5.74, 6) is -0.997. The van der Waals surface area contributed by atoms with Crippen LogP contribution in [0.4, 0.5) is 4.39 Å². The van der Waals surface area contributed by atoms with Gasteiger partial charge in [-0.15, -0.1) is 0 Å². The molecule has 0 saturated carbocycles. The van der Waals surface area contributed by atoms with E-state index >= 15 is 0 Å². The Bertz CT molecular complexity index is 768. The number of rotatable bonds is 5. The number of halogens is 2. The molecule has 0 atom stereocenters. The third-order valence-corrected chi connectivity index (χ3v) is 4.07. The first-order chi connectivity index (χ1) is 11.4. The number of aryl methyl sites for hydroxylation is 1. The third kappa shape index (κ3) is 3.66. The maximum Gasteiger partial charge on any atom is 0.254 e. The van der Waals surface area contributed by atoms with E-state index in [1.165, 1.54) is 23.2 Å². The summed E-state index contributed by atoms with van der Waals surface area (Å²) in [6.07, 6.45) is 1.47. The van der Waals surface area contributed by atoms with Crippen molar-refractivity contribution in [1.29, 1.82) is 0 Å². The van der Waals surface area contributed by atoms with Crippen LogP contribution in [0.15, 0.2) is 24.4 Å². The first-order valence-corrected chi connectivity index (χ1v) is 7.78. The number of carbonyl (C=O) groups is 1. The number of carbonyl (C=O) groups excluding carboxylic acids is 1. The quantitative estimate of drug-likeness (QED) is 0.867. The zero-order chi connectivity index (χ0) is 17.9. The van der Waals surface area contributed by atoms with Crippen molar-refractivity contribution < 1.29 is 19.4 Å². The predicted molar refractivity (Wildman–Crippen MR) is 88.4 cm³/mol. The van der Waals surface area contributed by atoms with Gasteiger partial charge in [-0.3, -0.25) is 9.78 Å². The molecule has 1 heterocycles. The Morgan fingerprint density at radius 3 is 2.71 bits per heavy atom. The summed E-state index contributed by atoms with van der Waals surface area (Å²) in [5, 5.41) is 19.5. The van der Waals surface area contributed by atoms with E-state index in [2.05, 4.69) is 4.98 Å². The Kier molecular flexibility index (Phi) is 5.75. The molecule has 0 radical (unpaired) electrons. The van der Waals surface area contributed by atoms with Crippen LogP contribution >= 0.6 is 11.6 Å². The molecule has 2 rings (SSSR count). The highest BCUT2D eigenvalue weighted by atomic mass is 35.5. The monoisotopic (exact) mass is 352 g/mol. The third-order valence-electron chi connectivity index (χ3n) is 3.79. The van der Waals surface area contributed by atoms with Crippen LogP contribution in [0.1, 0.15) is 34.1 Å². The number of amides is 1. The SMILES string of the molecule is CCN(Cc1c(CO)cnc(C)c1O)C(=O)c1ccc(F)c(Cl)c1. The highest BCUT2D eigenvalue weighted by Gasteiger charge is 2.20. The number of hydrogen-bond donors (Lipinski definition) is 2. The van der Waals surface area contributed by atoms with Gasteiger partial charge >= 0.3 is 0 Å². The molecule has 1 aromatic heterocycles. The molecule has 128 valence electrons. The minimum atomic E-state index is -0.596. The Balaban J connectivity index is 2.34. The van der Waals surface area contributed by atoms with Gasteiger partial charge in [0.1, 0.15) is 11.6 Å². The number of aliphatic hydroxyl groups is 1. The van der Waals surface area contributed by atoms with Gasteiger partial charge in [0.15, 0.2) is 0 Å². The Morgan fingerprint density at radius 1 is 1.42 bits per heavy atom. The largest absolute Gasteiger partial charge is 0.506 e. The molecule has 0 unspecified atom stereocenters. The van der Waals surface area contributed by atoms with E-state index in [1.54, 1.807) is 13.8 Å². The standard InChI is InChI=1S/C17H18ClFN2O3/c1-3-21(17(24)11-4-5-15(19)14(18)6-11)8-13-12(9-22)7-20-10(2)16(13)23/h4-7,22-23H,3,8-9H2,1-2H3. The van der Waals surface area contributed by atoms with Gasteiger partial charge in [-0.2, -0.15) is 0 Å². The molecule has 0 saturated heterocycles. The van der Waals surface area contributed by atoms with Crippen molar-refractivity contribution in [3.8, 4) is 5.75 Å². The van der Waals surface area contributed by atoms with Gasteiger partial charge in [0, 0.05) is 29.4 Å². The normalized spacial score (nSPS) is 10.7. The highest BCUT2D eigenvalue weighted by molar-refractivity contribution is 6.31. The molecule has 5 nitrogen and oxygen atoms in total. The van der Waals surface area contributed by atoms with Gasteiger partial charge in [0.25, 0.3) is 5.91 Å². The van der Waals surface area contributed by atoms with Gasteiger partial charge in [0.05, 0.1) is 23.9 Å². The zero-order valence-corrected chi connectivity index (χ0v) is 14.1. The van der Waals surface area contributed by atoms with Crippen LogP contribution in [-0.4, -0.2) is 32.5 Å². The van der Waals surface area contributed by atoms with E-state index in [-0.39, 0.29) is 35.4 Å². The summed E-state index contributed by atoms with van der Waals surface area (Å²) >= 11 is 5.73. The molecule has 2 aromatic rings. The lowest BCUT2D eigenvalue weighted by atomic mass is 10.1. The van der Waals surface area contributed by atoms with Crippen LogP contribution in [-0.2, 0) is 13.2 Å². The molecule has 0 aliphatic heterocycles. The van der Waals surface area contributed by atoms with Gasteiger partial charge in [0.2, 0.25) is 0 Å². The minimum absolute atomic E-state index is 0.0510. The molecular formula is C17H18ClFN2O3. The van der Waals surface area contributed by atoms with Crippen LogP contribution in [0, 0.1) is 12.7 Å². The number of nitrogens with zero attached hydrogens (tertiary/aromatic N) is 2. The molecule has 0 aliphatic rings. The van der Waals surface area contributed by atoms with E-state index in [4.69, 9.17) is 11.6 Å². The predicted octanol–water partition coefficient (Wildman–Crippen LogP) is 3.04. The first-order valence-electron chi connectivity index (χ1n) is 7.40. The lowest BCUT2D eigenvalue weighted by Gasteiger charge is -2.23. The maximum absolute atomic E-state index is 13.3. The van der Waals surface area contributed by atoms with E-state index < -0.39 is 5.82 Å². The van der Waals surface area contributed by atoms with Crippen molar-refractivity contribution in [2.45, 2.75) is 27.0 Å². The first kappa shape index (κ1) is 18.2. The minimum Gasteiger partial charge on any atom is -0.506 e. The number of aliphatic hydroxyl groups excluding tert-OH is 1. The van der Waals surface area contributed by atoms with Crippen molar-refractivity contribution in [3.05, 3.63) is 57.6 Å². The second-order valence-electron chi connectivity index (χ2n) is 5.30. The summed E-state index contributed by atoms with van der Waals surface area (Å²) in [6.45, 7) is 3.57. The maximum atomic E-state index is 13.3. The van der Waals surface area contributed by atoms with Crippen molar-refractivity contribution in [1.82, 2.24) is 9.88 Å². The van der Waals surface area contributed by atoms with E-state index in [9.17, 15) is 19.4 Å². The lowest BCUT2D eigenvalue weighted by molar-refractivity contribution is 0.0750. The van der Waals surface area contributed by atoms with Crippen LogP contribution in [0.2, 0.25) is 5.02 Å². The molecule has 0 bridgehead atoms. The number of benzene rings is 1. The topological polar surface area (TPSA) is 73.7 Å². The van der Waals surface area contributed by atoms with Gasteiger partial charge in [-0.1, -0.05) is 11.6 Å². The van der Waals surface area contributed by atoms with Crippen LogP contribution in [0.25, 0.3) is 0 Å². The average molecular weight is 353 g/mol. The van der Waals surface area contributed by atoms with E-state index in [0.717, 1.165) is 6.07 Å². The Morgan fingerprint density at radius 2 is 2.12 bits per heavy atom. The Labute approximate surface area is 144 Å². The van der Waals surface area contributed by atoms with Gasteiger partial charge in [-0.05, 0) is 32.0 Å². The molecule has 1 aromatic carbocycles. The van der Waals surface area contributed by atoms with E-state index in [1.807, 2.05) is 0 Å². The van der Waals surface area contributed by atoms with Crippen molar-refractivity contribution in [3.63, 3.8) is 0 Å². The molecule has 0 aliphatic carbocycles. The summed E-state index contributed by atoms with van der Waals surface area (Å²) in [5.41, 5.74) is 1.55. The average Bonchev–Trinajstić information content (AvgIpc) is 2.58. The lowest BCUT2D eigenvalue weighted by Crippen LogP contribution is -2.31. The smallest absolute Gasteiger partial charge is 0.254 e. The molecule has 0 fully saturated rings. The van der Waals surface area contributed by atoms with Crippen LogP contribution in [0.3, 0.4) is 0 Å².